The highest BCUT2D eigenvalue weighted by Crippen LogP contribution is 2.50. The molecule has 1 saturated heterocycles. The maximum Gasteiger partial charge on any atom is 0.318 e. The summed E-state index contributed by atoms with van der Waals surface area (Å²) in [6.45, 7) is 4.32. The summed E-state index contributed by atoms with van der Waals surface area (Å²) in [7, 11) is 4.17. The number of fused-ring (bicyclic) bond motifs is 3. The Bertz CT molecular complexity index is 1440. The second-order valence-corrected chi connectivity index (χ2v) is 12.9. The molecule has 0 bridgehead atoms. The fraction of sp³-hybridized carbons (Fsp3) is 0.562. The van der Waals surface area contributed by atoms with Crippen LogP contribution in [0.5, 0.6) is 6.01 Å². The fourth-order valence-electron chi connectivity index (χ4n) is 7.76. The van der Waals surface area contributed by atoms with Gasteiger partial charge in [-0.15, -0.1) is 0 Å². The van der Waals surface area contributed by atoms with Gasteiger partial charge in [-0.05, 0) is 82.7 Å². The molecule has 4 aliphatic rings. The molecule has 0 unspecified atom stereocenters. The predicted molar refractivity (Wildman–Crippen MR) is 159 cm³/mol. The Morgan fingerprint density at radius 1 is 1.24 bits per heavy atom. The molecular weight excluding hydrogens is 555 g/mol. The number of aromatic nitrogens is 2. The summed E-state index contributed by atoms with van der Waals surface area (Å²) < 4.78 is 20.4. The van der Waals surface area contributed by atoms with Crippen LogP contribution in [0.15, 0.2) is 30.6 Å². The lowest BCUT2D eigenvalue weighted by molar-refractivity contribution is -0.131. The van der Waals surface area contributed by atoms with Gasteiger partial charge in [0, 0.05) is 41.7 Å². The number of rotatable bonds is 6. The molecular formula is C32H38ClFN6O2. The largest absolute Gasteiger partial charge is 0.458 e. The predicted octanol–water partition coefficient (Wildman–Crippen LogP) is 4.78. The van der Waals surface area contributed by atoms with E-state index in [9.17, 15) is 14.4 Å². The summed E-state index contributed by atoms with van der Waals surface area (Å²) in [4.78, 5) is 28.4. The van der Waals surface area contributed by atoms with Gasteiger partial charge in [0.15, 0.2) is 5.83 Å². The van der Waals surface area contributed by atoms with E-state index < -0.39 is 17.8 Å². The molecule has 1 amide bonds. The molecule has 6 rings (SSSR count). The highest BCUT2D eigenvalue weighted by molar-refractivity contribution is 6.31. The summed E-state index contributed by atoms with van der Waals surface area (Å²) in [5, 5.41) is 10.4. The zero-order valence-electron chi connectivity index (χ0n) is 24.4. The molecule has 1 aliphatic heterocycles. The molecule has 3 aliphatic carbocycles. The first-order chi connectivity index (χ1) is 20.2. The van der Waals surface area contributed by atoms with Crippen LogP contribution < -0.4 is 9.64 Å². The van der Waals surface area contributed by atoms with Crippen LogP contribution in [0.4, 0.5) is 10.2 Å². The Morgan fingerprint density at radius 3 is 2.76 bits per heavy atom. The van der Waals surface area contributed by atoms with E-state index in [0.717, 1.165) is 73.5 Å². The van der Waals surface area contributed by atoms with Crippen molar-refractivity contribution in [2.75, 3.05) is 38.6 Å². The molecule has 0 N–H and O–H groups in total. The number of anilines is 1. The molecule has 1 spiro atoms. The number of nitriles is 1. The molecule has 2 fully saturated rings. The van der Waals surface area contributed by atoms with Gasteiger partial charge in [0.1, 0.15) is 11.9 Å². The Labute approximate surface area is 252 Å². The van der Waals surface area contributed by atoms with E-state index >= 15 is 0 Å². The summed E-state index contributed by atoms with van der Waals surface area (Å²) in [6, 6.07) is 8.64. The monoisotopic (exact) mass is 592 g/mol. The van der Waals surface area contributed by atoms with Crippen LogP contribution in [0, 0.1) is 11.3 Å². The van der Waals surface area contributed by atoms with Crippen LogP contribution in [0.1, 0.15) is 60.9 Å². The maximum absolute atomic E-state index is 13.8. The van der Waals surface area contributed by atoms with Gasteiger partial charge in [0.25, 0.3) is 5.91 Å². The molecule has 222 valence electrons. The minimum atomic E-state index is -1.00. The van der Waals surface area contributed by atoms with Crippen molar-refractivity contribution in [2.45, 2.75) is 81.4 Å². The van der Waals surface area contributed by atoms with E-state index in [1.807, 2.05) is 12.1 Å². The average Bonchev–Trinajstić information content (AvgIpc) is 3.58. The molecule has 8 nitrogen and oxygen atoms in total. The average molecular weight is 593 g/mol. The first-order valence-corrected chi connectivity index (χ1v) is 15.4. The third-order valence-corrected chi connectivity index (χ3v) is 10.2. The molecule has 10 heteroatoms. The van der Waals surface area contributed by atoms with Crippen molar-refractivity contribution in [2.24, 2.45) is 0 Å². The van der Waals surface area contributed by atoms with E-state index in [2.05, 4.69) is 42.6 Å². The summed E-state index contributed by atoms with van der Waals surface area (Å²) in [6.07, 6.45) is 7.78. The minimum Gasteiger partial charge on any atom is -0.458 e. The van der Waals surface area contributed by atoms with Crippen molar-refractivity contribution in [3.8, 4) is 12.1 Å². The maximum atomic E-state index is 13.8. The number of halogens is 2. The van der Waals surface area contributed by atoms with Crippen LogP contribution in [-0.2, 0) is 29.5 Å². The van der Waals surface area contributed by atoms with E-state index in [-0.39, 0.29) is 24.5 Å². The van der Waals surface area contributed by atoms with Gasteiger partial charge >= 0.3 is 6.01 Å². The SMILES string of the molecule is C=C(F)C(=O)N1CCN(c2nc(O[C@@H]3CCC[C@H]3N(C)C)nc3c2CC[C@@]2(CCc4c(Cl)cccc42)C3)C[C@@H]1CC#N. The van der Waals surface area contributed by atoms with Crippen LogP contribution in [0.3, 0.4) is 0 Å². The van der Waals surface area contributed by atoms with E-state index in [4.69, 9.17) is 26.3 Å². The Hall–Kier alpha value is -3.22. The standard InChI is InChI=1S/C32H38ClFN6O2/c1-20(34)30(41)40-17-16-39(19-21(40)12-15-35)29-23-11-14-32(13-10-22-24(32)6-4-7-25(22)33)18-26(23)36-31(37-29)42-28-9-5-8-27(28)38(2)3/h4,6-7,21,27-28H,1,5,8-14,16-19H2,2-3H3/t21-,27+,28+,32-/m0/s1. The van der Waals surface area contributed by atoms with Crippen LogP contribution in [-0.4, -0.2) is 77.6 Å². The van der Waals surface area contributed by atoms with Crippen molar-refractivity contribution in [1.29, 1.82) is 5.26 Å². The van der Waals surface area contributed by atoms with Crippen molar-refractivity contribution >= 4 is 23.3 Å². The highest BCUT2D eigenvalue weighted by atomic mass is 35.5. The molecule has 4 atom stereocenters. The first kappa shape index (κ1) is 28.9. The number of benzene rings is 1. The van der Waals surface area contributed by atoms with Crippen LogP contribution in [0.2, 0.25) is 5.02 Å². The normalized spacial score (nSPS) is 26.7. The topological polar surface area (TPSA) is 85.6 Å². The highest BCUT2D eigenvalue weighted by Gasteiger charge is 2.44. The van der Waals surface area contributed by atoms with Gasteiger partial charge in [0.2, 0.25) is 0 Å². The minimum absolute atomic E-state index is 0.00540. The van der Waals surface area contributed by atoms with E-state index in [1.54, 1.807) is 0 Å². The third-order valence-electron chi connectivity index (χ3n) is 9.89. The summed E-state index contributed by atoms with van der Waals surface area (Å²) in [5.74, 6) is -0.946. The molecule has 1 saturated carbocycles. The quantitative estimate of drug-likeness (QED) is 0.446. The second kappa shape index (κ2) is 11.5. The van der Waals surface area contributed by atoms with Crippen molar-refractivity contribution in [3.05, 3.63) is 58.0 Å². The molecule has 2 aromatic rings. The molecule has 2 heterocycles. The number of hydrogen-bond donors (Lipinski definition) is 0. The summed E-state index contributed by atoms with van der Waals surface area (Å²) in [5.41, 5.74) is 4.67. The molecule has 42 heavy (non-hydrogen) atoms. The van der Waals surface area contributed by atoms with Crippen molar-refractivity contribution in [1.82, 2.24) is 19.8 Å². The number of carbonyl (C=O) groups excluding carboxylic acids is 1. The van der Waals surface area contributed by atoms with E-state index in [1.165, 1.54) is 16.0 Å². The van der Waals surface area contributed by atoms with Crippen LogP contribution in [0.25, 0.3) is 0 Å². The first-order valence-electron chi connectivity index (χ1n) is 15.0. The fourth-order valence-corrected chi connectivity index (χ4v) is 8.03. The lowest BCUT2D eigenvalue weighted by atomic mass is 9.69. The lowest BCUT2D eigenvalue weighted by Gasteiger charge is -2.43. The Balaban J connectivity index is 1.37. The molecule has 1 aromatic heterocycles. The zero-order chi connectivity index (χ0) is 29.6. The van der Waals surface area contributed by atoms with Gasteiger partial charge < -0.3 is 19.4 Å². The summed E-state index contributed by atoms with van der Waals surface area (Å²) >= 11 is 6.62. The number of hydrogen-bond acceptors (Lipinski definition) is 7. The van der Waals surface area contributed by atoms with E-state index in [0.29, 0.717) is 25.1 Å². The number of piperazine rings is 1. The smallest absolute Gasteiger partial charge is 0.318 e. The number of likely N-dealkylation sites (N-methyl/N-ethyl adjacent to an activating group) is 1. The number of amides is 1. The van der Waals surface area contributed by atoms with Gasteiger partial charge in [-0.2, -0.15) is 15.2 Å². The van der Waals surface area contributed by atoms with Gasteiger partial charge in [0.05, 0.1) is 24.2 Å². The molecule has 0 radical (unpaired) electrons. The third kappa shape index (κ3) is 5.13. The van der Waals surface area contributed by atoms with Crippen molar-refractivity contribution in [3.63, 3.8) is 0 Å². The Morgan fingerprint density at radius 2 is 2.02 bits per heavy atom. The van der Waals surface area contributed by atoms with Gasteiger partial charge in [-0.25, -0.2) is 4.39 Å². The van der Waals surface area contributed by atoms with Crippen LogP contribution >= 0.6 is 11.6 Å². The number of ether oxygens (including phenoxy) is 1. The lowest BCUT2D eigenvalue weighted by Crippen LogP contribution is -2.55. The van der Waals surface area contributed by atoms with Crippen molar-refractivity contribution < 1.29 is 13.9 Å². The van der Waals surface area contributed by atoms with Gasteiger partial charge in [-0.1, -0.05) is 30.3 Å². The molecule has 1 aromatic carbocycles. The number of nitrogens with zero attached hydrogens (tertiary/aromatic N) is 6. The second-order valence-electron chi connectivity index (χ2n) is 12.5. The Kier molecular flexibility index (Phi) is 7.88. The van der Waals surface area contributed by atoms with Gasteiger partial charge in [-0.3, -0.25) is 4.79 Å². The zero-order valence-corrected chi connectivity index (χ0v) is 25.2. The number of carbonyl (C=O) groups is 1.